The number of nitrogens with zero attached hydrogens (tertiary/aromatic N) is 5. The van der Waals surface area contributed by atoms with Crippen LogP contribution in [0.3, 0.4) is 0 Å². The summed E-state index contributed by atoms with van der Waals surface area (Å²) in [6, 6.07) is 1.90. The predicted molar refractivity (Wildman–Crippen MR) is 87.7 cm³/mol. The minimum absolute atomic E-state index is 0.0398. The molecule has 9 heteroatoms. The minimum atomic E-state index is -0.0398. The number of nitrogens with one attached hydrogen (secondary N) is 1. The lowest BCUT2D eigenvalue weighted by Crippen LogP contribution is -2.53. The molecule has 1 amide bonds. The highest BCUT2D eigenvalue weighted by Gasteiger charge is 2.44. The van der Waals surface area contributed by atoms with Crippen LogP contribution in [0.4, 0.5) is 5.95 Å². The van der Waals surface area contributed by atoms with Crippen LogP contribution in [0.25, 0.3) is 0 Å². The quantitative estimate of drug-likeness (QED) is 0.885. The van der Waals surface area contributed by atoms with Gasteiger partial charge in [-0.05, 0) is 30.4 Å². The monoisotopic (exact) mass is 346 g/mol. The molecule has 2 aliphatic rings. The Bertz CT molecular complexity index is 683. The fraction of sp³-hybridized carbons (Fsp3) is 0.533. The van der Waals surface area contributed by atoms with Crippen LogP contribution in [0.5, 0.6) is 0 Å². The lowest BCUT2D eigenvalue weighted by molar-refractivity contribution is -0.0603. The highest BCUT2D eigenvalue weighted by atomic mass is 32.1. The van der Waals surface area contributed by atoms with Gasteiger partial charge in [0.05, 0.1) is 18.8 Å². The molecule has 0 bridgehead atoms. The van der Waals surface area contributed by atoms with Gasteiger partial charge in [-0.25, -0.2) is 9.97 Å². The number of amides is 1. The van der Waals surface area contributed by atoms with Gasteiger partial charge >= 0.3 is 0 Å². The molecule has 1 saturated carbocycles. The largest absolute Gasteiger partial charge is 0.374 e. The molecular formula is C15H18N6O2S. The smallest absolute Gasteiger partial charge is 0.275 e. The van der Waals surface area contributed by atoms with E-state index in [-0.39, 0.29) is 18.1 Å². The SMILES string of the molecule is O=C(c1csnn1)N1CCO[C@@H]2[C@H](CNc3ncccn3)CC[C@@H]21. The summed E-state index contributed by atoms with van der Waals surface area (Å²) in [5, 5.41) is 8.88. The van der Waals surface area contributed by atoms with Crippen molar-refractivity contribution in [2.75, 3.05) is 25.0 Å². The van der Waals surface area contributed by atoms with Gasteiger partial charge in [-0.1, -0.05) is 4.49 Å². The van der Waals surface area contributed by atoms with E-state index in [1.165, 1.54) is 11.5 Å². The summed E-state index contributed by atoms with van der Waals surface area (Å²) in [5.74, 6) is 0.920. The Hall–Kier alpha value is -2.13. The number of fused-ring (bicyclic) bond motifs is 1. The van der Waals surface area contributed by atoms with Crippen molar-refractivity contribution < 1.29 is 9.53 Å². The molecule has 126 valence electrons. The van der Waals surface area contributed by atoms with E-state index in [1.54, 1.807) is 23.8 Å². The maximum Gasteiger partial charge on any atom is 0.275 e. The van der Waals surface area contributed by atoms with E-state index in [4.69, 9.17) is 4.74 Å². The molecule has 1 N–H and O–H groups in total. The van der Waals surface area contributed by atoms with Crippen LogP contribution in [0.2, 0.25) is 0 Å². The van der Waals surface area contributed by atoms with Crippen LogP contribution in [0, 0.1) is 5.92 Å². The van der Waals surface area contributed by atoms with Gasteiger partial charge in [0.15, 0.2) is 5.69 Å². The maximum absolute atomic E-state index is 12.6. The molecular weight excluding hydrogens is 328 g/mol. The fourth-order valence-corrected chi connectivity index (χ4v) is 3.98. The minimum Gasteiger partial charge on any atom is -0.374 e. The number of hydrogen-bond acceptors (Lipinski definition) is 8. The zero-order valence-corrected chi connectivity index (χ0v) is 13.9. The third-order valence-electron chi connectivity index (χ3n) is 4.65. The van der Waals surface area contributed by atoms with Gasteiger partial charge in [-0.15, -0.1) is 5.10 Å². The summed E-state index contributed by atoms with van der Waals surface area (Å²) in [6.45, 7) is 1.91. The van der Waals surface area contributed by atoms with Crippen molar-refractivity contribution in [2.24, 2.45) is 5.92 Å². The highest BCUT2D eigenvalue weighted by Crippen LogP contribution is 2.35. The first-order valence-corrected chi connectivity index (χ1v) is 8.87. The first kappa shape index (κ1) is 15.4. The van der Waals surface area contributed by atoms with Crippen molar-refractivity contribution in [1.29, 1.82) is 0 Å². The molecule has 24 heavy (non-hydrogen) atoms. The summed E-state index contributed by atoms with van der Waals surface area (Å²) in [7, 11) is 0. The number of carbonyl (C=O) groups excluding carboxylic acids is 1. The number of rotatable bonds is 4. The Balaban J connectivity index is 1.42. The maximum atomic E-state index is 12.6. The van der Waals surface area contributed by atoms with Crippen LogP contribution in [0.15, 0.2) is 23.8 Å². The van der Waals surface area contributed by atoms with Crippen molar-refractivity contribution in [1.82, 2.24) is 24.5 Å². The molecule has 4 rings (SSSR count). The van der Waals surface area contributed by atoms with E-state index < -0.39 is 0 Å². The van der Waals surface area contributed by atoms with E-state index in [1.807, 2.05) is 4.90 Å². The van der Waals surface area contributed by atoms with Crippen molar-refractivity contribution in [3.63, 3.8) is 0 Å². The summed E-state index contributed by atoms with van der Waals surface area (Å²) in [5.41, 5.74) is 0.430. The standard InChI is InChI=1S/C15H18N6O2S/c22-14(11-9-24-20-19-11)21-6-7-23-13-10(2-3-12(13)21)8-18-15-16-4-1-5-17-15/h1,4-5,9-10,12-13H,2-3,6-8H2,(H,16,17,18)/t10-,12-,13+/m0/s1. The Kier molecular flexibility index (Phi) is 4.35. The van der Waals surface area contributed by atoms with E-state index in [0.717, 1.165) is 19.4 Å². The molecule has 1 aliphatic carbocycles. The van der Waals surface area contributed by atoms with Gasteiger partial charge in [0.1, 0.15) is 0 Å². The number of hydrogen-bond donors (Lipinski definition) is 1. The zero-order valence-electron chi connectivity index (χ0n) is 13.0. The number of carbonyl (C=O) groups is 1. The van der Waals surface area contributed by atoms with E-state index in [2.05, 4.69) is 24.9 Å². The van der Waals surface area contributed by atoms with Gasteiger partial charge < -0.3 is 15.0 Å². The Morgan fingerprint density at radius 3 is 3.04 bits per heavy atom. The Morgan fingerprint density at radius 1 is 1.38 bits per heavy atom. The molecule has 3 atom stereocenters. The van der Waals surface area contributed by atoms with E-state index in [9.17, 15) is 4.79 Å². The van der Waals surface area contributed by atoms with Gasteiger partial charge in [0.2, 0.25) is 5.95 Å². The average molecular weight is 346 g/mol. The average Bonchev–Trinajstić information content (AvgIpc) is 3.30. The summed E-state index contributed by atoms with van der Waals surface area (Å²) in [4.78, 5) is 22.9. The number of aromatic nitrogens is 4. The highest BCUT2D eigenvalue weighted by molar-refractivity contribution is 7.03. The van der Waals surface area contributed by atoms with E-state index in [0.29, 0.717) is 30.7 Å². The number of anilines is 1. The van der Waals surface area contributed by atoms with Crippen LogP contribution >= 0.6 is 11.5 Å². The predicted octanol–water partition coefficient (Wildman–Crippen LogP) is 1.06. The molecule has 1 aliphatic heterocycles. The molecule has 2 aromatic heterocycles. The van der Waals surface area contributed by atoms with Gasteiger partial charge in [0, 0.05) is 36.8 Å². The van der Waals surface area contributed by atoms with Crippen molar-refractivity contribution >= 4 is 23.4 Å². The third kappa shape index (κ3) is 2.96. The van der Waals surface area contributed by atoms with Crippen molar-refractivity contribution in [3.8, 4) is 0 Å². The molecule has 0 aromatic carbocycles. The molecule has 8 nitrogen and oxygen atoms in total. The molecule has 0 spiro atoms. The van der Waals surface area contributed by atoms with Gasteiger partial charge in [0.25, 0.3) is 5.91 Å². The molecule has 2 aromatic rings. The normalized spacial score (nSPS) is 26.2. The fourth-order valence-electron chi connectivity index (χ4n) is 3.55. The molecule has 2 fully saturated rings. The first-order valence-electron chi connectivity index (χ1n) is 8.03. The van der Waals surface area contributed by atoms with Gasteiger partial charge in [-0.3, -0.25) is 4.79 Å². The Labute approximate surface area is 143 Å². The van der Waals surface area contributed by atoms with Gasteiger partial charge in [-0.2, -0.15) is 0 Å². The number of ether oxygens (including phenoxy) is 1. The summed E-state index contributed by atoms with van der Waals surface area (Å²) < 4.78 is 9.78. The van der Waals surface area contributed by atoms with Crippen LogP contribution in [-0.2, 0) is 4.74 Å². The van der Waals surface area contributed by atoms with Crippen LogP contribution in [-0.4, -0.2) is 62.2 Å². The third-order valence-corrected chi connectivity index (χ3v) is 5.15. The number of morpholine rings is 1. The summed E-state index contributed by atoms with van der Waals surface area (Å²) in [6.07, 6.45) is 5.42. The first-order chi connectivity index (χ1) is 11.8. The second-order valence-corrected chi connectivity index (χ2v) is 6.59. The van der Waals surface area contributed by atoms with Crippen molar-refractivity contribution in [3.05, 3.63) is 29.5 Å². The summed E-state index contributed by atoms with van der Waals surface area (Å²) >= 11 is 1.20. The molecule has 3 heterocycles. The van der Waals surface area contributed by atoms with Crippen LogP contribution < -0.4 is 5.32 Å². The Morgan fingerprint density at radius 2 is 2.25 bits per heavy atom. The second kappa shape index (κ2) is 6.78. The van der Waals surface area contributed by atoms with Crippen molar-refractivity contribution in [2.45, 2.75) is 25.0 Å². The molecule has 1 saturated heterocycles. The topological polar surface area (TPSA) is 93.1 Å². The zero-order chi connectivity index (χ0) is 16.4. The lowest BCUT2D eigenvalue weighted by atomic mass is 10.0. The van der Waals surface area contributed by atoms with Crippen LogP contribution in [0.1, 0.15) is 23.3 Å². The second-order valence-electron chi connectivity index (χ2n) is 5.98. The molecule has 0 radical (unpaired) electrons. The molecule has 0 unspecified atom stereocenters. The van der Waals surface area contributed by atoms with E-state index >= 15 is 0 Å². The lowest BCUT2D eigenvalue weighted by Gasteiger charge is -2.39.